The van der Waals surface area contributed by atoms with Crippen molar-refractivity contribution in [3.05, 3.63) is 59.7 Å². The summed E-state index contributed by atoms with van der Waals surface area (Å²) in [5.41, 5.74) is 4.19. The van der Waals surface area contributed by atoms with E-state index in [4.69, 9.17) is 4.74 Å². The Bertz CT molecular complexity index is 645. The van der Waals surface area contributed by atoms with Crippen molar-refractivity contribution in [1.29, 1.82) is 0 Å². The largest absolute Gasteiger partial charge is 0.378 e. The summed E-state index contributed by atoms with van der Waals surface area (Å²) < 4.78 is 5.30. The van der Waals surface area contributed by atoms with Gasteiger partial charge in [-0.2, -0.15) is 0 Å². The van der Waals surface area contributed by atoms with Crippen LogP contribution in [0.5, 0.6) is 0 Å². The summed E-state index contributed by atoms with van der Waals surface area (Å²) in [6.07, 6.45) is 0. The van der Waals surface area contributed by atoms with Gasteiger partial charge in [0.05, 0.1) is 13.2 Å². The molecule has 0 aliphatic carbocycles. The molecule has 2 aromatic rings. The van der Waals surface area contributed by atoms with Crippen molar-refractivity contribution in [1.82, 2.24) is 4.90 Å². The van der Waals surface area contributed by atoms with E-state index in [-0.39, 0.29) is 5.91 Å². The number of ether oxygens (including phenoxy) is 1. The first kappa shape index (κ1) is 13.8. The van der Waals surface area contributed by atoms with E-state index < -0.39 is 0 Å². The molecule has 1 heterocycles. The molecular formula is C18H19NO2. The number of morpholine rings is 1. The van der Waals surface area contributed by atoms with E-state index in [9.17, 15) is 4.79 Å². The van der Waals surface area contributed by atoms with Crippen LogP contribution >= 0.6 is 0 Å². The van der Waals surface area contributed by atoms with Crippen LogP contribution in [0.15, 0.2) is 48.5 Å². The first-order chi connectivity index (χ1) is 10.2. The van der Waals surface area contributed by atoms with Gasteiger partial charge in [0.2, 0.25) is 0 Å². The lowest BCUT2D eigenvalue weighted by molar-refractivity contribution is 0.0303. The zero-order valence-electron chi connectivity index (χ0n) is 12.2. The number of carbonyl (C=O) groups excluding carboxylic acids is 1. The molecule has 1 fully saturated rings. The van der Waals surface area contributed by atoms with Gasteiger partial charge in [0, 0.05) is 18.7 Å². The minimum absolute atomic E-state index is 0.0906. The number of carbonyl (C=O) groups is 1. The monoisotopic (exact) mass is 281 g/mol. The van der Waals surface area contributed by atoms with Gasteiger partial charge in [-0.05, 0) is 30.2 Å². The highest BCUT2D eigenvalue weighted by Gasteiger charge is 2.18. The van der Waals surface area contributed by atoms with E-state index >= 15 is 0 Å². The predicted octanol–water partition coefficient (Wildman–Crippen LogP) is 3.13. The van der Waals surface area contributed by atoms with Gasteiger partial charge in [0.15, 0.2) is 0 Å². The summed E-state index contributed by atoms with van der Waals surface area (Å²) in [6.45, 7) is 4.68. The minimum Gasteiger partial charge on any atom is -0.378 e. The van der Waals surface area contributed by atoms with Crippen LogP contribution in [0, 0.1) is 6.92 Å². The molecule has 0 atom stereocenters. The van der Waals surface area contributed by atoms with Crippen LogP contribution in [0.3, 0.4) is 0 Å². The molecule has 3 rings (SSSR count). The van der Waals surface area contributed by atoms with Crippen molar-refractivity contribution in [3.8, 4) is 11.1 Å². The summed E-state index contributed by atoms with van der Waals surface area (Å²) in [5, 5.41) is 0. The van der Waals surface area contributed by atoms with E-state index in [1.165, 1.54) is 5.56 Å². The van der Waals surface area contributed by atoms with Crippen molar-refractivity contribution in [2.45, 2.75) is 6.92 Å². The molecule has 0 spiro atoms. The summed E-state index contributed by atoms with van der Waals surface area (Å²) in [6, 6.07) is 16.2. The molecule has 2 aromatic carbocycles. The SMILES string of the molecule is Cc1cccc(-c2cccc(C(=O)N3CCOCC3)c2)c1. The number of amides is 1. The molecule has 1 amide bonds. The van der Waals surface area contributed by atoms with Crippen molar-refractivity contribution in [2.24, 2.45) is 0 Å². The Labute approximate surface area is 125 Å². The maximum atomic E-state index is 12.5. The zero-order valence-corrected chi connectivity index (χ0v) is 12.2. The highest BCUT2D eigenvalue weighted by atomic mass is 16.5. The third-order valence-corrected chi connectivity index (χ3v) is 3.76. The second kappa shape index (κ2) is 6.10. The Balaban J connectivity index is 1.87. The molecule has 108 valence electrons. The average molecular weight is 281 g/mol. The molecule has 1 aliphatic heterocycles. The zero-order chi connectivity index (χ0) is 14.7. The molecule has 21 heavy (non-hydrogen) atoms. The lowest BCUT2D eigenvalue weighted by Crippen LogP contribution is -2.40. The first-order valence-electron chi connectivity index (χ1n) is 7.28. The number of benzene rings is 2. The van der Waals surface area contributed by atoms with E-state index in [0.717, 1.165) is 16.7 Å². The molecule has 0 radical (unpaired) electrons. The van der Waals surface area contributed by atoms with Crippen LogP contribution in [0.25, 0.3) is 11.1 Å². The second-order valence-electron chi connectivity index (χ2n) is 5.35. The summed E-state index contributed by atoms with van der Waals surface area (Å²) in [7, 11) is 0. The van der Waals surface area contributed by atoms with E-state index in [0.29, 0.717) is 26.3 Å². The number of aryl methyl sites for hydroxylation is 1. The Morgan fingerprint density at radius 3 is 2.38 bits per heavy atom. The van der Waals surface area contributed by atoms with Gasteiger partial charge in [-0.1, -0.05) is 42.0 Å². The van der Waals surface area contributed by atoms with Gasteiger partial charge in [-0.25, -0.2) is 0 Å². The predicted molar refractivity (Wildman–Crippen MR) is 83.3 cm³/mol. The molecule has 0 unspecified atom stereocenters. The van der Waals surface area contributed by atoms with Gasteiger partial charge in [-0.15, -0.1) is 0 Å². The van der Waals surface area contributed by atoms with Crippen LogP contribution in [0.4, 0.5) is 0 Å². The molecule has 0 aromatic heterocycles. The molecule has 3 nitrogen and oxygen atoms in total. The second-order valence-corrected chi connectivity index (χ2v) is 5.35. The van der Waals surface area contributed by atoms with Gasteiger partial charge >= 0.3 is 0 Å². The molecule has 1 saturated heterocycles. The van der Waals surface area contributed by atoms with E-state index in [1.807, 2.05) is 35.2 Å². The fourth-order valence-electron chi connectivity index (χ4n) is 2.61. The lowest BCUT2D eigenvalue weighted by Gasteiger charge is -2.27. The maximum Gasteiger partial charge on any atom is 0.254 e. The van der Waals surface area contributed by atoms with Crippen molar-refractivity contribution in [3.63, 3.8) is 0 Å². The van der Waals surface area contributed by atoms with Crippen LogP contribution in [0.2, 0.25) is 0 Å². The Hall–Kier alpha value is -2.13. The smallest absolute Gasteiger partial charge is 0.254 e. The fourth-order valence-corrected chi connectivity index (χ4v) is 2.61. The number of hydrogen-bond acceptors (Lipinski definition) is 2. The number of hydrogen-bond donors (Lipinski definition) is 0. The highest BCUT2D eigenvalue weighted by molar-refractivity contribution is 5.95. The molecule has 0 saturated carbocycles. The summed E-state index contributed by atoms with van der Waals surface area (Å²) in [5.74, 6) is 0.0906. The highest BCUT2D eigenvalue weighted by Crippen LogP contribution is 2.22. The molecule has 1 aliphatic rings. The van der Waals surface area contributed by atoms with Crippen molar-refractivity contribution in [2.75, 3.05) is 26.3 Å². The van der Waals surface area contributed by atoms with Gasteiger partial charge < -0.3 is 9.64 Å². The molecule has 0 bridgehead atoms. The number of rotatable bonds is 2. The molecule has 3 heteroatoms. The van der Waals surface area contributed by atoms with Crippen LogP contribution < -0.4 is 0 Å². The van der Waals surface area contributed by atoms with Gasteiger partial charge in [-0.3, -0.25) is 4.79 Å². The van der Waals surface area contributed by atoms with Crippen LogP contribution in [-0.2, 0) is 4.74 Å². The normalized spacial score (nSPS) is 15.0. The van der Waals surface area contributed by atoms with E-state index in [1.54, 1.807) is 0 Å². The fraction of sp³-hybridized carbons (Fsp3) is 0.278. The lowest BCUT2D eigenvalue weighted by atomic mass is 10.0. The Morgan fingerprint density at radius 1 is 1.00 bits per heavy atom. The minimum atomic E-state index is 0.0906. The van der Waals surface area contributed by atoms with Crippen LogP contribution in [-0.4, -0.2) is 37.1 Å². The number of nitrogens with zero attached hydrogens (tertiary/aromatic N) is 1. The maximum absolute atomic E-state index is 12.5. The standard InChI is InChI=1S/C18H19NO2/c1-14-4-2-5-15(12-14)16-6-3-7-17(13-16)18(20)19-8-10-21-11-9-19/h2-7,12-13H,8-11H2,1H3. The first-order valence-corrected chi connectivity index (χ1v) is 7.28. The Morgan fingerprint density at radius 2 is 1.67 bits per heavy atom. The quantitative estimate of drug-likeness (QED) is 0.846. The van der Waals surface area contributed by atoms with Crippen molar-refractivity contribution < 1.29 is 9.53 Å². The van der Waals surface area contributed by atoms with Gasteiger partial charge in [0.1, 0.15) is 0 Å². The van der Waals surface area contributed by atoms with Gasteiger partial charge in [0.25, 0.3) is 5.91 Å². The Kier molecular flexibility index (Phi) is 4.02. The van der Waals surface area contributed by atoms with Crippen LogP contribution in [0.1, 0.15) is 15.9 Å². The third kappa shape index (κ3) is 3.14. The summed E-state index contributed by atoms with van der Waals surface area (Å²) in [4.78, 5) is 14.4. The third-order valence-electron chi connectivity index (χ3n) is 3.76. The summed E-state index contributed by atoms with van der Waals surface area (Å²) >= 11 is 0. The topological polar surface area (TPSA) is 29.5 Å². The van der Waals surface area contributed by atoms with E-state index in [2.05, 4.69) is 25.1 Å². The molecule has 0 N–H and O–H groups in total. The van der Waals surface area contributed by atoms with Crippen molar-refractivity contribution >= 4 is 5.91 Å². The average Bonchev–Trinajstić information content (AvgIpc) is 2.55. The molecular weight excluding hydrogens is 262 g/mol.